The summed E-state index contributed by atoms with van der Waals surface area (Å²) in [6.07, 6.45) is 1.18. The van der Waals surface area contributed by atoms with Crippen LogP contribution < -0.4 is 0 Å². The van der Waals surface area contributed by atoms with Crippen LogP contribution in [0.2, 0.25) is 0 Å². The maximum atomic E-state index is 11.8. The Bertz CT molecular complexity index is 320. The Morgan fingerprint density at radius 3 is 2.19 bits per heavy atom. The van der Waals surface area contributed by atoms with Gasteiger partial charge in [0.05, 0.1) is 6.10 Å². The molecule has 1 rings (SSSR count). The number of carbonyl (C=O) groups excluding carboxylic acids is 1. The molecule has 0 aliphatic carbocycles. The highest BCUT2D eigenvalue weighted by molar-refractivity contribution is 6.15. The normalized spacial score (nSPS) is 24.1. The molecule has 0 saturated carbocycles. The van der Waals surface area contributed by atoms with Crippen molar-refractivity contribution in [3.63, 3.8) is 0 Å². The van der Waals surface area contributed by atoms with E-state index in [-0.39, 0.29) is 17.8 Å². The van der Waals surface area contributed by atoms with Crippen LogP contribution in [0.5, 0.6) is 0 Å². The average Bonchev–Trinajstić information content (AvgIpc) is 2.92. The predicted octanol–water partition coefficient (Wildman–Crippen LogP) is 0.653. The highest BCUT2D eigenvalue weighted by Gasteiger charge is 2.35. The summed E-state index contributed by atoms with van der Waals surface area (Å²) in [6, 6.07) is 0. The molecule has 0 aromatic heterocycles. The molecule has 0 aromatic rings. The van der Waals surface area contributed by atoms with Gasteiger partial charge in [-0.2, -0.15) is 0 Å². The van der Waals surface area contributed by atoms with Gasteiger partial charge < -0.3 is 14.7 Å². The highest BCUT2D eigenvalue weighted by Crippen LogP contribution is 2.24. The molecule has 0 radical (unpaired) electrons. The predicted molar refractivity (Wildman–Crippen MR) is 58.0 cm³/mol. The minimum atomic E-state index is -1.19. The van der Waals surface area contributed by atoms with Gasteiger partial charge in [-0.1, -0.05) is 0 Å². The summed E-state index contributed by atoms with van der Waals surface area (Å²) in [6.45, 7) is 6.47. The van der Waals surface area contributed by atoms with E-state index in [1.165, 1.54) is 11.0 Å². The molecule has 1 heterocycles. The van der Waals surface area contributed by atoms with Crippen molar-refractivity contribution in [2.24, 2.45) is 0 Å². The lowest BCUT2D eigenvalue weighted by Crippen LogP contribution is -2.34. The summed E-state index contributed by atoms with van der Waals surface area (Å²) < 4.78 is 5.08. The SMILES string of the molecule is CCN(CC)C(=O)C(=CC1OC1C)C(=O)O. The molecule has 0 spiro atoms. The van der Waals surface area contributed by atoms with Gasteiger partial charge in [-0.25, -0.2) is 4.79 Å². The standard InChI is InChI=1S/C11H17NO4/c1-4-12(5-2)10(13)8(11(14)15)6-9-7(3)16-9/h6-7,9H,4-5H2,1-3H3,(H,14,15). The fourth-order valence-corrected chi connectivity index (χ4v) is 1.46. The number of aliphatic carboxylic acids is 1. The third-order valence-electron chi connectivity index (χ3n) is 2.60. The maximum Gasteiger partial charge on any atom is 0.341 e. The summed E-state index contributed by atoms with van der Waals surface area (Å²) >= 11 is 0. The number of hydrogen-bond acceptors (Lipinski definition) is 3. The number of hydrogen-bond donors (Lipinski definition) is 1. The van der Waals surface area contributed by atoms with E-state index in [2.05, 4.69) is 0 Å². The van der Waals surface area contributed by atoms with Crippen LogP contribution in [0.1, 0.15) is 20.8 Å². The first-order valence-electron chi connectivity index (χ1n) is 5.41. The Morgan fingerprint density at radius 2 is 1.88 bits per heavy atom. The van der Waals surface area contributed by atoms with E-state index in [0.717, 1.165) is 0 Å². The van der Waals surface area contributed by atoms with Crippen LogP contribution in [0.15, 0.2) is 11.6 Å². The van der Waals surface area contributed by atoms with Crippen LogP contribution in [-0.4, -0.2) is 47.2 Å². The molecule has 1 fully saturated rings. The van der Waals surface area contributed by atoms with Gasteiger partial charge in [0.2, 0.25) is 0 Å². The number of carboxylic acid groups (broad SMARTS) is 1. The lowest BCUT2D eigenvalue weighted by atomic mass is 10.1. The summed E-state index contributed by atoms with van der Waals surface area (Å²) in [7, 11) is 0. The Morgan fingerprint density at radius 1 is 1.38 bits per heavy atom. The van der Waals surface area contributed by atoms with E-state index in [0.29, 0.717) is 13.1 Å². The third kappa shape index (κ3) is 2.82. The molecular weight excluding hydrogens is 210 g/mol. The second-order valence-corrected chi connectivity index (χ2v) is 3.67. The molecule has 1 amide bonds. The first-order valence-corrected chi connectivity index (χ1v) is 5.41. The molecule has 5 nitrogen and oxygen atoms in total. The molecule has 2 atom stereocenters. The Labute approximate surface area is 94.7 Å². The third-order valence-corrected chi connectivity index (χ3v) is 2.60. The van der Waals surface area contributed by atoms with Crippen LogP contribution in [-0.2, 0) is 14.3 Å². The van der Waals surface area contributed by atoms with Gasteiger partial charge in [0.1, 0.15) is 11.7 Å². The fourth-order valence-electron chi connectivity index (χ4n) is 1.46. The van der Waals surface area contributed by atoms with Gasteiger partial charge in [0.25, 0.3) is 5.91 Å². The number of carboxylic acids is 1. The maximum absolute atomic E-state index is 11.8. The van der Waals surface area contributed by atoms with Gasteiger partial charge in [-0.3, -0.25) is 4.79 Å². The molecule has 1 aliphatic rings. The van der Waals surface area contributed by atoms with Crippen LogP contribution in [0.3, 0.4) is 0 Å². The van der Waals surface area contributed by atoms with E-state index in [1.54, 1.807) is 0 Å². The van der Waals surface area contributed by atoms with E-state index in [9.17, 15) is 9.59 Å². The zero-order chi connectivity index (χ0) is 12.3. The van der Waals surface area contributed by atoms with Crippen molar-refractivity contribution in [2.45, 2.75) is 33.0 Å². The molecule has 0 bridgehead atoms. The number of nitrogens with zero attached hydrogens (tertiary/aromatic N) is 1. The van der Waals surface area contributed by atoms with Gasteiger partial charge >= 0.3 is 5.97 Å². The summed E-state index contributed by atoms with van der Waals surface area (Å²) in [5, 5.41) is 8.98. The van der Waals surface area contributed by atoms with E-state index >= 15 is 0 Å². The average molecular weight is 227 g/mol. The summed E-state index contributed by atoms with van der Waals surface area (Å²) in [5.74, 6) is -1.64. The Balaban J connectivity index is 2.81. The summed E-state index contributed by atoms with van der Waals surface area (Å²) in [5.41, 5.74) is -0.196. The smallest absolute Gasteiger partial charge is 0.341 e. The second kappa shape index (κ2) is 5.12. The van der Waals surface area contributed by atoms with E-state index in [1.807, 2.05) is 20.8 Å². The lowest BCUT2D eigenvalue weighted by Gasteiger charge is -2.18. The van der Waals surface area contributed by atoms with E-state index in [4.69, 9.17) is 9.84 Å². The largest absolute Gasteiger partial charge is 0.478 e. The van der Waals surface area contributed by atoms with Gasteiger partial charge in [-0.15, -0.1) is 0 Å². The fraction of sp³-hybridized carbons (Fsp3) is 0.636. The van der Waals surface area contributed by atoms with Crippen molar-refractivity contribution in [1.29, 1.82) is 0 Å². The van der Waals surface area contributed by atoms with Gasteiger partial charge in [0.15, 0.2) is 0 Å². The monoisotopic (exact) mass is 227 g/mol. The zero-order valence-corrected chi connectivity index (χ0v) is 9.77. The van der Waals surface area contributed by atoms with Gasteiger partial charge in [-0.05, 0) is 26.8 Å². The second-order valence-electron chi connectivity index (χ2n) is 3.67. The topological polar surface area (TPSA) is 70.1 Å². The molecule has 5 heteroatoms. The number of likely N-dealkylation sites (N-methyl/N-ethyl adjacent to an activating group) is 1. The molecule has 0 aromatic carbocycles. The number of ether oxygens (including phenoxy) is 1. The minimum absolute atomic E-state index is 0.0128. The molecule has 2 unspecified atom stereocenters. The quantitative estimate of drug-likeness (QED) is 0.324. The van der Waals surface area contributed by atoms with Gasteiger partial charge in [0, 0.05) is 13.1 Å². The van der Waals surface area contributed by atoms with E-state index < -0.39 is 11.9 Å². The van der Waals surface area contributed by atoms with Crippen molar-refractivity contribution in [2.75, 3.05) is 13.1 Å². The molecule has 1 saturated heterocycles. The molecular formula is C11H17NO4. The van der Waals surface area contributed by atoms with Crippen molar-refractivity contribution >= 4 is 11.9 Å². The Kier molecular flexibility index (Phi) is 4.06. The van der Waals surface area contributed by atoms with Crippen LogP contribution >= 0.6 is 0 Å². The Hall–Kier alpha value is -1.36. The number of epoxide rings is 1. The molecule has 90 valence electrons. The molecule has 16 heavy (non-hydrogen) atoms. The molecule has 1 N–H and O–H groups in total. The van der Waals surface area contributed by atoms with Crippen molar-refractivity contribution < 1.29 is 19.4 Å². The van der Waals surface area contributed by atoms with Crippen molar-refractivity contribution in [3.8, 4) is 0 Å². The number of rotatable bonds is 5. The van der Waals surface area contributed by atoms with Crippen LogP contribution in [0.25, 0.3) is 0 Å². The minimum Gasteiger partial charge on any atom is -0.478 e. The van der Waals surface area contributed by atoms with Crippen molar-refractivity contribution in [3.05, 3.63) is 11.6 Å². The van der Waals surface area contributed by atoms with Crippen molar-refractivity contribution in [1.82, 2.24) is 4.90 Å². The first-order chi connectivity index (χ1) is 7.51. The highest BCUT2D eigenvalue weighted by atomic mass is 16.6. The van der Waals surface area contributed by atoms with Crippen LogP contribution in [0, 0.1) is 0 Å². The van der Waals surface area contributed by atoms with Crippen LogP contribution in [0.4, 0.5) is 0 Å². The number of amides is 1. The molecule has 1 aliphatic heterocycles. The summed E-state index contributed by atoms with van der Waals surface area (Å²) in [4.78, 5) is 24.3. The zero-order valence-electron chi connectivity index (χ0n) is 9.77. The first kappa shape index (κ1) is 12.7. The lowest BCUT2D eigenvalue weighted by molar-refractivity contribution is -0.137. The number of carbonyl (C=O) groups is 2.